The van der Waals surface area contributed by atoms with Crippen LogP contribution in [-0.2, 0) is 9.59 Å². The maximum Gasteiger partial charge on any atom is 0.334 e. The lowest BCUT2D eigenvalue weighted by Crippen LogP contribution is -2.37. The van der Waals surface area contributed by atoms with Crippen molar-refractivity contribution in [3.8, 4) is 11.5 Å². The number of Topliss-reactive ketones (excluding diaryl/α,β-unsaturated/α-hetero) is 1. The Morgan fingerprint density at radius 2 is 1.71 bits per heavy atom. The molecule has 1 aromatic rings. The fourth-order valence-corrected chi connectivity index (χ4v) is 2.56. The number of benzene rings is 1. The predicted octanol–water partition coefficient (Wildman–Crippen LogP) is 0.841. The van der Waals surface area contributed by atoms with Gasteiger partial charge in [-0.2, -0.15) is 0 Å². The Hall–Kier alpha value is -2.90. The van der Waals surface area contributed by atoms with Crippen LogP contribution in [0.3, 0.4) is 0 Å². The van der Waals surface area contributed by atoms with Crippen molar-refractivity contribution in [2.45, 2.75) is 13.3 Å². The maximum absolute atomic E-state index is 12.4. The fraction of sp³-hybridized carbons (Fsp3) is 0.375. The minimum atomic E-state index is -0.973. The summed E-state index contributed by atoms with van der Waals surface area (Å²) in [4.78, 5) is 49.8. The Morgan fingerprint density at radius 3 is 2.42 bits per heavy atom. The SMILES string of the molecule is CCCN1C(=O)C(=O)N(CC(=O)c2ccc3c(c2)OCCO3)C1=O. The van der Waals surface area contributed by atoms with E-state index < -0.39 is 30.2 Å². The first-order valence-corrected chi connectivity index (χ1v) is 7.63. The van der Waals surface area contributed by atoms with E-state index in [9.17, 15) is 19.2 Å². The van der Waals surface area contributed by atoms with E-state index in [-0.39, 0.29) is 12.1 Å². The molecule has 1 fully saturated rings. The molecule has 2 aliphatic heterocycles. The molecule has 0 atom stereocenters. The molecule has 0 bridgehead atoms. The number of rotatable bonds is 5. The van der Waals surface area contributed by atoms with Crippen molar-refractivity contribution in [1.82, 2.24) is 9.80 Å². The minimum absolute atomic E-state index is 0.151. The van der Waals surface area contributed by atoms with Gasteiger partial charge in [0.2, 0.25) is 0 Å². The van der Waals surface area contributed by atoms with Gasteiger partial charge in [0.25, 0.3) is 0 Å². The van der Waals surface area contributed by atoms with Gasteiger partial charge in [0, 0.05) is 12.1 Å². The van der Waals surface area contributed by atoms with Crippen LogP contribution in [0.25, 0.3) is 0 Å². The minimum Gasteiger partial charge on any atom is -0.486 e. The molecule has 8 nitrogen and oxygen atoms in total. The van der Waals surface area contributed by atoms with Crippen molar-refractivity contribution in [2.24, 2.45) is 0 Å². The first-order valence-electron chi connectivity index (χ1n) is 7.63. The molecule has 3 rings (SSSR count). The van der Waals surface area contributed by atoms with Gasteiger partial charge in [-0.3, -0.25) is 19.3 Å². The molecule has 1 aromatic carbocycles. The molecular formula is C16H16N2O6. The Kier molecular flexibility index (Phi) is 4.20. The normalized spacial score (nSPS) is 16.8. The molecule has 2 heterocycles. The summed E-state index contributed by atoms with van der Waals surface area (Å²) in [5.41, 5.74) is 0.279. The molecular weight excluding hydrogens is 316 g/mol. The van der Waals surface area contributed by atoms with Gasteiger partial charge < -0.3 is 9.47 Å². The largest absolute Gasteiger partial charge is 0.486 e. The average Bonchev–Trinajstić information content (AvgIpc) is 2.79. The molecule has 0 aliphatic carbocycles. The number of imide groups is 2. The van der Waals surface area contributed by atoms with Gasteiger partial charge in [0.1, 0.15) is 13.2 Å². The fourth-order valence-electron chi connectivity index (χ4n) is 2.56. The first-order chi connectivity index (χ1) is 11.5. The Morgan fingerprint density at radius 1 is 1.04 bits per heavy atom. The van der Waals surface area contributed by atoms with Crippen molar-refractivity contribution < 1.29 is 28.7 Å². The van der Waals surface area contributed by atoms with Crippen LogP contribution in [0.5, 0.6) is 11.5 Å². The van der Waals surface area contributed by atoms with E-state index in [4.69, 9.17) is 9.47 Å². The molecule has 0 radical (unpaired) electrons. The van der Waals surface area contributed by atoms with E-state index in [1.54, 1.807) is 13.0 Å². The number of hydrogen-bond acceptors (Lipinski definition) is 6. The van der Waals surface area contributed by atoms with Crippen molar-refractivity contribution in [1.29, 1.82) is 0 Å². The van der Waals surface area contributed by atoms with E-state index in [1.165, 1.54) is 12.1 Å². The molecule has 0 aromatic heterocycles. The first kappa shape index (κ1) is 16.0. The zero-order chi connectivity index (χ0) is 17.3. The molecule has 0 unspecified atom stereocenters. The number of ketones is 1. The summed E-state index contributed by atoms with van der Waals surface area (Å²) in [6.07, 6.45) is 0.536. The zero-order valence-corrected chi connectivity index (χ0v) is 13.1. The Bertz CT molecular complexity index is 729. The molecule has 0 spiro atoms. The summed E-state index contributed by atoms with van der Waals surface area (Å²) in [6, 6.07) is 3.89. The van der Waals surface area contributed by atoms with Crippen molar-refractivity contribution in [2.75, 3.05) is 26.3 Å². The monoisotopic (exact) mass is 332 g/mol. The number of urea groups is 1. The summed E-state index contributed by atoms with van der Waals surface area (Å²) in [7, 11) is 0. The Labute approximate surface area is 137 Å². The van der Waals surface area contributed by atoms with Crippen LogP contribution in [0.15, 0.2) is 18.2 Å². The second kappa shape index (κ2) is 6.31. The van der Waals surface area contributed by atoms with Gasteiger partial charge >= 0.3 is 17.8 Å². The van der Waals surface area contributed by atoms with Crippen LogP contribution in [0.1, 0.15) is 23.7 Å². The lowest BCUT2D eigenvalue weighted by Gasteiger charge is -2.19. The Balaban J connectivity index is 1.76. The quantitative estimate of drug-likeness (QED) is 0.451. The maximum atomic E-state index is 12.4. The van der Waals surface area contributed by atoms with Gasteiger partial charge in [-0.25, -0.2) is 9.69 Å². The number of hydrogen-bond donors (Lipinski definition) is 0. The number of carbonyl (C=O) groups is 4. The lowest BCUT2D eigenvalue weighted by molar-refractivity contribution is -0.143. The van der Waals surface area contributed by atoms with Crippen LogP contribution in [0.4, 0.5) is 4.79 Å². The molecule has 1 saturated heterocycles. The molecule has 2 aliphatic rings. The van der Waals surface area contributed by atoms with Crippen LogP contribution >= 0.6 is 0 Å². The van der Waals surface area contributed by atoms with Gasteiger partial charge in [-0.15, -0.1) is 0 Å². The van der Waals surface area contributed by atoms with Gasteiger partial charge in [-0.1, -0.05) is 6.92 Å². The summed E-state index contributed by atoms with van der Waals surface area (Å²) < 4.78 is 10.8. The van der Waals surface area contributed by atoms with Crippen LogP contribution < -0.4 is 9.47 Å². The number of amides is 4. The molecule has 4 amide bonds. The van der Waals surface area contributed by atoms with Crippen LogP contribution in [-0.4, -0.2) is 59.7 Å². The highest BCUT2D eigenvalue weighted by atomic mass is 16.6. The van der Waals surface area contributed by atoms with E-state index in [2.05, 4.69) is 0 Å². The number of nitrogens with zero attached hydrogens (tertiary/aromatic N) is 2. The average molecular weight is 332 g/mol. The van der Waals surface area contributed by atoms with Crippen LogP contribution in [0, 0.1) is 0 Å². The smallest absolute Gasteiger partial charge is 0.334 e. The molecule has 8 heteroatoms. The molecule has 0 saturated carbocycles. The number of carbonyl (C=O) groups excluding carboxylic acids is 4. The third kappa shape index (κ3) is 2.70. The highest BCUT2D eigenvalue weighted by Gasteiger charge is 2.44. The molecule has 126 valence electrons. The number of fused-ring (bicyclic) bond motifs is 1. The summed E-state index contributed by atoms with van der Waals surface area (Å²) in [6.45, 7) is 2.27. The molecule has 0 N–H and O–H groups in total. The van der Waals surface area contributed by atoms with Crippen molar-refractivity contribution >= 4 is 23.6 Å². The summed E-state index contributed by atoms with van der Waals surface area (Å²) in [5.74, 6) is -1.35. The third-order valence-electron chi connectivity index (χ3n) is 3.75. The summed E-state index contributed by atoms with van der Waals surface area (Å²) in [5, 5.41) is 0. The van der Waals surface area contributed by atoms with E-state index >= 15 is 0 Å². The van der Waals surface area contributed by atoms with E-state index in [0.29, 0.717) is 36.0 Å². The number of ether oxygens (including phenoxy) is 2. The van der Waals surface area contributed by atoms with Crippen molar-refractivity contribution in [3.05, 3.63) is 23.8 Å². The van der Waals surface area contributed by atoms with Crippen molar-refractivity contribution in [3.63, 3.8) is 0 Å². The highest BCUT2D eigenvalue weighted by Crippen LogP contribution is 2.31. The molecule has 24 heavy (non-hydrogen) atoms. The van der Waals surface area contributed by atoms with Gasteiger partial charge in [0.05, 0.1) is 6.54 Å². The topological polar surface area (TPSA) is 93.2 Å². The van der Waals surface area contributed by atoms with E-state index in [0.717, 1.165) is 4.90 Å². The zero-order valence-electron chi connectivity index (χ0n) is 13.1. The van der Waals surface area contributed by atoms with Gasteiger partial charge in [0.15, 0.2) is 17.3 Å². The second-order valence-electron chi connectivity index (χ2n) is 5.41. The van der Waals surface area contributed by atoms with Crippen LogP contribution in [0.2, 0.25) is 0 Å². The standard InChI is InChI=1S/C16H16N2O6/c1-2-5-17-14(20)15(21)18(16(17)22)9-11(19)10-3-4-12-13(8-10)24-7-6-23-12/h3-4,8H,2,5-7,9H2,1H3. The lowest BCUT2D eigenvalue weighted by atomic mass is 10.1. The highest BCUT2D eigenvalue weighted by molar-refractivity contribution is 6.45. The van der Waals surface area contributed by atoms with E-state index in [1.807, 2.05) is 0 Å². The third-order valence-corrected chi connectivity index (χ3v) is 3.75. The predicted molar refractivity (Wildman–Crippen MR) is 80.9 cm³/mol. The second-order valence-corrected chi connectivity index (χ2v) is 5.41. The van der Waals surface area contributed by atoms with Gasteiger partial charge in [-0.05, 0) is 24.6 Å². The summed E-state index contributed by atoms with van der Waals surface area (Å²) >= 11 is 0.